The topological polar surface area (TPSA) is 104 Å². The largest absolute Gasteiger partial charge is 0.490 e. The van der Waals surface area contributed by atoms with Crippen molar-refractivity contribution in [2.45, 2.75) is 25.0 Å². The van der Waals surface area contributed by atoms with E-state index in [-0.39, 0.29) is 12.5 Å². The molecule has 0 saturated carbocycles. The minimum atomic E-state index is -0.946. The van der Waals surface area contributed by atoms with Crippen LogP contribution >= 0.6 is 0 Å². The predicted octanol–water partition coefficient (Wildman–Crippen LogP) is 1.19. The van der Waals surface area contributed by atoms with Crippen LogP contribution in [-0.4, -0.2) is 88.2 Å². The fourth-order valence-corrected chi connectivity index (χ4v) is 4.88. The van der Waals surface area contributed by atoms with Crippen molar-refractivity contribution in [1.29, 1.82) is 0 Å². The fraction of sp³-hybridized carbons (Fsp3) is 0.458. The number of nitrogens with zero attached hydrogens (tertiary/aromatic N) is 5. The molecule has 6 rings (SSSR count). The highest BCUT2D eigenvalue weighted by molar-refractivity contribution is 6.09. The Kier molecular flexibility index (Phi) is 5.16. The van der Waals surface area contributed by atoms with Gasteiger partial charge in [0.05, 0.1) is 42.4 Å². The summed E-state index contributed by atoms with van der Waals surface area (Å²) >= 11 is 0. The van der Waals surface area contributed by atoms with Crippen LogP contribution in [0, 0.1) is 0 Å². The highest BCUT2D eigenvalue weighted by Gasteiger charge is 2.33. The average molecular weight is 465 g/mol. The highest BCUT2D eigenvalue weighted by atomic mass is 16.5. The van der Waals surface area contributed by atoms with Crippen molar-refractivity contribution < 1.29 is 19.4 Å². The number of carbonyl (C=O) groups excluding carboxylic acids is 1. The molecule has 2 fully saturated rings. The molecule has 10 heteroatoms. The second kappa shape index (κ2) is 8.23. The standard InChI is InChI=1S/C24H28N6O4/c1-24(32)11-16-9-19(27-23(31)18-12-26-30-4-2-3-25-22(18)30)20(10-21(16)34-15-24)29-7-5-28(6-8-29)17-13-33-14-17/h2-4,9-10,12,17,32H,5-8,11,13-15H2,1H3,(H,27,31). The maximum absolute atomic E-state index is 13.3. The molecule has 2 aromatic heterocycles. The molecule has 0 aliphatic carbocycles. The van der Waals surface area contributed by atoms with Crippen molar-refractivity contribution in [2.24, 2.45) is 0 Å². The van der Waals surface area contributed by atoms with Crippen molar-refractivity contribution in [3.8, 4) is 5.75 Å². The summed E-state index contributed by atoms with van der Waals surface area (Å²) in [5.74, 6) is 0.482. The van der Waals surface area contributed by atoms with Gasteiger partial charge < -0.3 is 24.8 Å². The molecule has 2 saturated heterocycles. The Morgan fingerprint density at radius 1 is 1.24 bits per heavy atom. The predicted molar refractivity (Wildman–Crippen MR) is 126 cm³/mol. The number of anilines is 2. The van der Waals surface area contributed by atoms with Crippen LogP contribution in [0.3, 0.4) is 0 Å². The van der Waals surface area contributed by atoms with E-state index in [2.05, 4.69) is 25.2 Å². The normalized spacial score (nSPS) is 23.3. The van der Waals surface area contributed by atoms with Gasteiger partial charge in [0, 0.05) is 51.1 Å². The number of nitrogens with one attached hydrogen (secondary N) is 1. The molecule has 1 aromatic carbocycles. The Morgan fingerprint density at radius 3 is 2.82 bits per heavy atom. The lowest BCUT2D eigenvalue weighted by Crippen LogP contribution is -2.56. The van der Waals surface area contributed by atoms with Crippen LogP contribution < -0.4 is 15.0 Å². The summed E-state index contributed by atoms with van der Waals surface area (Å²) in [5, 5.41) is 17.9. The molecule has 0 bridgehead atoms. The first-order valence-electron chi connectivity index (χ1n) is 11.7. The van der Waals surface area contributed by atoms with Gasteiger partial charge >= 0.3 is 0 Å². The van der Waals surface area contributed by atoms with Gasteiger partial charge in [0.1, 0.15) is 17.9 Å². The summed E-state index contributed by atoms with van der Waals surface area (Å²) in [4.78, 5) is 22.3. The van der Waals surface area contributed by atoms with Crippen LogP contribution in [-0.2, 0) is 11.2 Å². The number of aliphatic hydroxyl groups is 1. The van der Waals surface area contributed by atoms with Crippen molar-refractivity contribution in [1.82, 2.24) is 19.5 Å². The second-order valence-corrected chi connectivity index (χ2v) is 9.55. The number of rotatable bonds is 4. The number of carbonyl (C=O) groups is 1. The molecule has 2 N–H and O–H groups in total. The zero-order chi connectivity index (χ0) is 23.3. The van der Waals surface area contributed by atoms with Gasteiger partial charge in [-0.05, 0) is 24.6 Å². The number of hydrogen-bond donors (Lipinski definition) is 2. The summed E-state index contributed by atoms with van der Waals surface area (Å²) < 4.78 is 12.8. The quantitative estimate of drug-likeness (QED) is 0.594. The average Bonchev–Trinajstić information content (AvgIpc) is 3.22. The number of benzene rings is 1. The Hall–Kier alpha value is -3.21. The maximum atomic E-state index is 13.3. The van der Waals surface area contributed by atoms with Crippen molar-refractivity contribution in [3.63, 3.8) is 0 Å². The van der Waals surface area contributed by atoms with E-state index in [9.17, 15) is 9.90 Å². The smallest absolute Gasteiger partial charge is 0.261 e. The van der Waals surface area contributed by atoms with Crippen molar-refractivity contribution >= 4 is 22.9 Å². The number of ether oxygens (including phenoxy) is 2. The van der Waals surface area contributed by atoms with E-state index in [1.807, 2.05) is 12.1 Å². The van der Waals surface area contributed by atoms with E-state index in [0.29, 0.717) is 29.4 Å². The summed E-state index contributed by atoms with van der Waals surface area (Å²) in [7, 11) is 0. The molecular weight excluding hydrogens is 436 g/mol. The first kappa shape index (κ1) is 21.3. The van der Waals surface area contributed by atoms with Crippen LogP contribution in [0.2, 0.25) is 0 Å². The van der Waals surface area contributed by atoms with E-state index in [1.54, 1.807) is 29.9 Å². The van der Waals surface area contributed by atoms with Crippen LogP contribution in [0.4, 0.5) is 11.4 Å². The molecule has 1 amide bonds. The fourth-order valence-electron chi connectivity index (χ4n) is 4.88. The Balaban J connectivity index is 1.31. The molecule has 3 aliphatic heterocycles. The van der Waals surface area contributed by atoms with Gasteiger partial charge in [0.15, 0.2) is 5.65 Å². The Bertz CT molecular complexity index is 1230. The van der Waals surface area contributed by atoms with E-state index < -0.39 is 5.60 Å². The number of piperazine rings is 1. The zero-order valence-corrected chi connectivity index (χ0v) is 19.1. The lowest BCUT2D eigenvalue weighted by molar-refractivity contribution is -0.0660. The molecule has 5 heterocycles. The maximum Gasteiger partial charge on any atom is 0.261 e. The summed E-state index contributed by atoms with van der Waals surface area (Å²) in [6, 6.07) is 6.21. The Labute approximate surface area is 197 Å². The zero-order valence-electron chi connectivity index (χ0n) is 19.1. The van der Waals surface area contributed by atoms with Gasteiger partial charge in [0.2, 0.25) is 0 Å². The minimum Gasteiger partial charge on any atom is -0.490 e. The molecule has 0 radical (unpaired) electrons. The van der Waals surface area contributed by atoms with Crippen LogP contribution in [0.25, 0.3) is 5.65 Å². The van der Waals surface area contributed by atoms with Crippen LogP contribution in [0.15, 0.2) is 36.8 Å². The van der Waals surface area contributed by atoms with Gasteiger partial charge in [-0.15, -0.1) is 0 Å². The lowest BCUT2D eigenvalue weighted by Gasteiger charge is -2.43. The molecule has 10 nitrogen and oxygen atoms in total. The molecule has 34 heavy (non-hydrogen) atoms. The monoisotopic (exact) mass is 464 g/mol. The third kappa shape index (κ3) is 3.87. The van der Waals surface area contributed by atoms with Gasteiger partial charge in [-0.2, -0.15) is 5.10 Å². The van der Waals surface area contributed by atoms with Crippen molar-refractivity contribution in [2.75, 3.05) is 56.2 Å². The van der Waals surface area contributed by atoms with Gasteiger partial charge in [-0.3, -0.25) is 9.69 Å². The van der Waals surface area contributed by atoms with Gasteiger partial charge in [-0.1, -0.05) is 0 Å². The van der Waals surface area contributed by atoms with Crippen LogP contribution in [0.1, 0.15) is 22.8 Å². The number of amides is 1. The minimum absolute atomic E-state index is 0.245. The summed E-state index contributed by atoms with van der Waals surface area (Å²) in [6.45, 7) is 7.17. The summed E-state index contributed by atoms with van der Waals surface area (Å²) in [5.41, 5.74) is 2.45. The van der Waals surface area contributed by atoms with E-state index in [4.69, 9.17) is 9.47 Å². The first-order valence-corrected chi connectivity index (χ1v) is 11.7. The summed E-state index contributed by atoms with van der Waals surface area (Å²) in [6.07, 6.45) is 5.39. The molecule has 3 aromatic rings. The highest BCUT2D eigenvalue weighted by Crippen LogP contribution is 2.39. The lowest BCUT2D eigenvalue weighted by atomic mass is 9.93. The molecule has 1 unspecified atom stereocenters. The number of hydrogen-bond acceptors (Lipinski definition) is 8. The number of fused-ring (bicyclic) bond motifs is 2. The first-order chi connectivity index (χ1) is 16.5. The molecular formula is C24H28N6O4. The van der Waals surface area contributed by atoms with Crippen LogP contribution in [0.5, 0.6) is 5.75 Å². The second-order valence-electron chi connectivity index (χ2n) is 9.55. The molecule has 1 atom stereocenters. The molecule has 178 valence electrons. The third-order valence-electron chi connectivity index (χ3n) is 6.85. The third-order valence-corrected chi connectivity index (χ3v) is 6.85. The SMILES string of the molecule is CC1(O)COc2cc(N3CCN(C4COC4)CC3)c(NC(=O)c3cnn4cccnc34)cc2C1. The van der Waals surface area contributed by atoms with E-state index in [1.165, 1.54) is 6.20 Å². The number of aromatic nitrogens is 3. The van der Waals surface area contributed by atoms with Gasteiger partial charge in [0.25, 0.3) is 5.91 Å². The van der Waals surface area contributed by atoms with Crippen molar-refractivity contribution in [3.05, 3.63) is 47.9 Å². The molecule has 0 spiro atoms. The van der Waals surface area contributed by atoms with E-state index in [0.717, 1.165) is 56.4 Å². The molecule has 3 aliphatic rings. The Morgan fingerprint density at radius 2 is 2.06 bits per heavy atom. The van der Waals surface area contributed by atoms with E-state index >= 15 is 0 Å². The van der Waals surface area contributed by atoms with Gasteiger partial charge in [-0.25, -0.2) is 9.50 Å².